The van der Waals surface area contributed by atoms with Crippen LogP contribution in [0.4, 0.5) is 5.82 Å². The Hall–Kier alpha value is -3.01. The minimum atomic E-state index is -3.84. The molecule has 2 heterocycles. The number of anilines is 1. The maximum Gasteiger partial charge on any atom is 0.459 e. The second-order valence-electron chi connectivity index (χ2n) is 8.51. The van der Waals surface area contributed by atoms with E-state index in [1.54, 1.807) is 37.5 Å². The van der Waals surface area contributed by atoms with Gasteiger partial charge in [-0.1, -0.05) is 18.2 Å². The lowest BCUT2D eigenvalue weighted by atomic mass is 10.3. The molecule has 2 aromatic heterocycles. The number of hydrogen-bond donors (Lipinski definition) is 2. The van der Waals surface area contributed by atoms with Gasteiger partial charge in [0.25, 0.3) is 0 Å². The van der Waals surface area contributed by atoms with E-state index < -0.39 is 19.8 Å². The summed E-state index contributed by atoms with van der Waals surface area (Å²) in [5.74, 6) is 0.368. The molecule has 5 rings (SSSR count). The average molecular weight is 472 g/mol. The van der Waals surface area contributed by atoms with Crippen molar-refractivity contribution in [2.24, 2.45) is 11.3 Å². The Balaban J connectivity index is 1.27. The summed E-state index contributed by atoms with van der Waals surface area (Å²) < 4.78 is 31.7. The molecule has 1 spiro atoms. The van der Waals surface area contributed by atoms with Crippen LogP contribution in [0.2, 0.25) is 0 Å². The van der Waals surface area contributed by atoms with E-state index in [4.69, 9.17) is 19.5 Å². The summed E-state index contributed by atoms with van der Waals surface area (Å²) in [6.07, 6.45) is 5.06. The van der Waals surface area contributed by atoms with Crippen LogP contribution in [0.15, 0.2) is 43.0 Å². The Kier molecular flexibility index (Phi) is 5.35. The number of imidazole rings is 1. The van der Waals surface area contributed by atoms with Crippen LogP contribution >= 0.6 is 7.75 Å². The van der Waals surface area contributed by atoms with Gasteiger partial charge in [0.2, 0.25) is 0 Å². The van der Waals surface area contributed by atoms with Gasteiger partial charge in [-0.15, -0.1) is 0 Å². The van der Waals surface area contributed by atoms with E-state index in [-0.39, 0.29) is 24.0 Å². The topological polar surface area (TPSA) is 143 Å². The zero-order chi connectivity index (χ0) is 23.2. The number of aromatic nitrogens is 4. The molecule has 0 radical (unpaired) electrons. The van der Waals surface area contributed by atoms with Crippen LogP contribution in [-0.2, 0) is 18.6 Å². The fourth-order valence-electron chi connectivity index (χ4n) is 4.42. The number of ether oxygens (including phenoxy) is 1. The number of benzene rings is 1. The first kappa shape index (κ1) is 21.8. The molecule has 12 heteroatoms. The van der Waals surface area contributed by atoms with Gasteiger partial charge >= 0.3 is 13.7 Å². The van der Waals surface area contributed by atoms with Crippen LogP contribution in [-0.4, -0.2) is 45.2 Å². The van der Waals surface area contributed by atoms with Gasteiger partial charge in [-0.25, -0.2) is 19.5 Å². The predicted octanol–water partition coefficient (Wildman–Crippen LogP) is 2.71. The predicted molar refractivity (Wildman–Crippen MR) is 119 cm³/mol. The lowest BCUT2D eigenvalue weighted by Crippen LogP contribution is -2.34. The Morgan fingerprint density at radius 1 is 1.30 bits per heavy atom. The maximum atomic E-state index is 13.5. The molecule has 5 atom stereocenters. The van der Waals surface area contributed by atoms with Crippen molar-refractivity contribution < 1.29 is 23.1 Å². The number of nitrogens with two attached hydrogens (primary N) is 1. The monoisotopic (exact) mass is 472 g/mol. The molecule has 2 aliphatic rings. The van der Waals surface area contributed by atoms with Gasteiger partial charge < -0.3 is 19.6 Å². The van der Waals surface area contributed by atoms with Crippen molar-refractivity contribution in [2.75, 3.05) is 19.5 Å². The van der Waals surface area contributed by atoms with E-state index in [0.29, 0.717) is 22.7 Å². The molecule has 3 N–H and O–H groups in total. The molecule has 2 saturated carbocycles. The number of fused-ring (bicyclic) bond motifs is 1. The van der Waals surface area contributed by atoms with E-state index in [1.165, 1.54) is 13.4 Å². The SMILES string of the molecule is COC(=O)[C@H](C)NP(=O)(OCC1CC12CC2n1cnc2c(N)ncnc21)Oc1ccccc1. The zero-order valence-corrected chi connectivity index (χ0v) is 19.1. The summed E-state index contributed by atoms with van der Waals surface area (Å²) >= 11 is 0. The molecule has 0 aliphatic heterocycles. The molecule has 0 saturated heterocycles. The highest BCUT2D eigenvalue weighted by molar-refractivity contribution is 7.52. The first-order chi connectivity index (χ1) is 15.8. The largest absolute Gasteiger partial charge is 0.468 e. The molecule has 2 fully saturated rings. The van der Waals surface area contributed by atoms with Crippen LogP contribution in [0.3, 0.4) is 0 Å². The molecule has 11 nitrogen and oxygen atoms in total. The highest BCUT2D eigenvalue weighted by atomic mass is 31.2. The number of nitrogen functional groups attached to an aromatic ring is 1. The van der Waals surface area contributed by atoms with Gasteiger partial charge in [0.05, 0.1) is 20.0 Å². The third kappa shape index (κ3) is 4.07. The van der Waals surface area contributed by atoms with E-state index in [9.17, 15) is 9.36 Å². The van der Waals surface area contributed by atoms with Crippen molar-refractivity contribution in [3.8, 4) is 5.75 Å². The highest BCUT2D eigenvalue weighted by Crippen LogP contribution is 2.77. The van der Waals surface area contributed by atoms with Crippen molar-refractivity contribution >= 4 is 30.7 Å². The Morgan fingerprint density at radius 3 is 2.85 bits per heavy atom. The summed E-state index contributed by atoms with van der Waals surface area (Å²) in [4.78, 5) is 24.5. The lowest BCUT2D eigenvalue weighted by molar-refractivity contribution is -0.142. The molecular weight excluding hydrogens is 447 g/mol. The molecule has 0 bridgehead atoms. The molecule has 1 aromatic carbocycles. The van der Waals surface area contributed by atoms with Gasteiger partial charge in [0, 0.05) is 6.04 Å². The summed E-state index contributed by atoms with van der Waals surface area (Å²) in [5, 5.41) is 2.68. The normalized spacial score (nSPS) is 26.0. The fourth-order valence-corrected chi connectivity index (χ4v) is 5.96. The van der Waals surface area contributed by atoms with Crippen molar-refractivity contribution in [3.05, 3.63) is 43.0 Å². The summed E-state index contributed by atoms with van der Waals surface area (Å²) in [6, 6.07) is 8.06. The Morgan fingerprint density at radius 2 is 2.09 bits per heavy atom. The van der Waals surface area contributed by atoms with Gasteiger partial charge in [-0.3, -0.25) is 9.32 Å². The van der Waals surface area contributed by atoms with E-state index in [0.717, 1.165) is 12.8 Å². The zero-order valence-electron chi connectivity index (χ0n) is 18.2. The smallest absolute Gasteiger partial charge is 0.459 e. The van der Waals surface area contributed by atoms with Gasteiger partial charge in [0.1, 0.15) is 23.6 Å². The first-order valence-corrected chi connectivity index (χ1v) is 12.2. The molecule has 0 amide bonds. The summed E-state index contributed by atoms with van der Waals surface area (Å²) in [5.41, 5.74) is 7.26. The fraction of sp³-hybridized carbons (Fsp3) is 0.429. The molecule has 2 aliphatic carbocycles. The van der Waals surface area contributed by atoms with Crippen molar-refractivity contribution in [2.45, 2.75) is 31.8 Å². The first-order valence-electron chi connectivity index (χ1n) is 10.6. The number of hydrogen-bond acceptors (Lipinski definition) is 9. The molecule has 4 unspecified atom stereocenters. The number of rotatable bonds is 9. The lowest BCUT2D eigenvalue weighted by Gasteiger charge is -2.22. The van der Waals surface area contributed by atoms with E-state index in [1.807, 2.05) is 10.6 Å². The number of carbonyl (C=O) groups excluding carboxylic acids is 1. The average Bonchev–Trinajstić information content (AvgIpc) is 3.65. The number of carbonyl (C=O) groups is 1. The van der Waals surface area contributed by atoms with Crippen LogP contribution in [0.1, 0.15) is 25.8 Å². The van der Waals surface area contributed by atoms with Crippen molar-refractivity contribution in [1.82, 2.24) is 24.6 Å². The van der Waals surface area contributed by atoms with Crippen LogP contribution in [0, 0.1) is 11.3 Å². The van der Waals surface area contributed by atoms with Crippen LogP contribution < -0.4 is 15.3 Å². The number of methoxy groups -OCH3 is 1. The van der Waals surface area contributed by atoms with Gasteiger partial charge in [-0.2, -0.15) is 5.09 Å². The number of nitrogens with one attached hydrogen (secondary N) is 1. The molecular formula is C21H25N6O5P. The van der Waals surface area contributed by atoms with E-state index >= 15 is 0 Å². The molecule has 3 aromatic rings. The van der Waals surface area contributed by atoms with Gasteiger partial charge in [-0.05, 0) is 43.2 Å². The van der Waals surface area contributed by atoms with Crippen LogP contribution in [0.25, 0.3) is 11.2 Å². The molecule has 33 heavy (non-hydrogen) atoms. The second kappa shape index (κ2) is 8.09. The maximum absolute atomic E-state index is 13.5. The minimum absolute atomic E-state index is 0.0544. The second-order valence-corrected chi connectivity index (χ2v) is 10.2. The Bertz CT molecular complexity index is 1240. The van der Waals surface area contributed by atoms with Gasteiger partial charge in [0.15, 0.2) is 11.5 Å². The Labute approximate surface area is 190 Å². The van der Waals surface area contributed by atoms with Crippen LogP contribution in [0.5, 0.6) is 5.75 Å². The third-order valence-electron chi connectivity index (χ3n) is 6.40. The molecule has 174 valence electrons. The minimum Gasteiger partial charge on any atom is -0.468 e. The number of nitrogens with zero attached hydrogens (tertiary/aromatic N) is 4. The van der Waals surface area contributed by atoms with Crippen molar-refractivity contribution in [3.63, 3.8) is 0 Å². The third-order valence-corrected chi connectivity index (χ3v) is 8.04. The standard InChI is InChI=1S/C21H25N6O5P/c1-13(20(28)30-2)26-33(29,32-15-6-4-3-5-7-15)31-10-14-8-21(14)9-16(21)27-12-25-17-18(22)23-11-24-19(17)27/h3-7,11-14,16H,8-10H2,1-2H3,(H,26,29)(H2,22,23,24)/t13-,14?,16?,21?,33?/m0/s1. The number of para-hydroxylation sites is 1. The van der Waals surface area contributed by atoms with E-state index in [2.05, 4.69) is 20.0 Å². The highest BCUT2D eigenvalue weighted by Gasteiger charge is 2.71. The number of esters is 1. The summed E-state index contributed by atoms with van der Waals surface area (Å²) in [6.45, 7) is 1.77. The van der Waals surface area contributed by atoms with Crippen molar-refractivity contribution in [1.29, 1.82) is 0 Å². The quantitative estimate of drug-likeness (QED) is 0.352. The summed E-state index contributed by atoms with van der Waals surface area (Å²) in [7, 11) is -2.57.